The largest absolute Gasteiger partial charge is 0.494 e. The average Bonchev–Trinajstić information content (AvgIpc) is 2.86. The molecule has 3 rings (SSSR count). The summed E-state index contributed by atoms with van der Waals surface area (Å²) in [5.41, 5.74) is 1.83. The van der Waals surface area contributed by atoms with Crippen LogP contribution in [0.2, 0.25) is 0 Å². The van der Waals surface area contributed by atoms with Gasteiger partial charge in [0.15, 0.2) is 5.78 Å². The molecular formula is C31H40O3. The molecule has 0 saturated heterocycles. The van der Waals surface area contributed by atoms with E-state index in [0.717, 1.165) is 52.8 Å². The molecule has 34 heavy (non-hydrogen) atoms. The Kier molecular flexibility index (Phi) is 10.5. The molecule has 0 saturated carbocycles. The number of ketones is 1. The predicted octanol–water partition coefficient (Wildman–Crippen LogP) is 8.78. The van der Waals surface area contributed by atoms with Crippen LogP contribution in [0.5, 0.6) is 11.5 Å². The van der Waals surface area contributed by atoms with E-state index in [0.29, 0.717) is 18.9 Å². The molecule has 3 aromatic carbocycles. The molecule has 0 unspecified atom stereocenters. The molecule has 0 fully saturated rings. The lowest BCUT2D eigenvalue weighted by atomic mass is 9.97. The summed E-state index contributed by atoms with van der Waals surface area (Å²) < 4.78 is 12.1. The molecule has 0 radical (unpaired) electrons. The van der Waals surface area contributed by atoms with Crippen molar-refractivity contribution in [2.24, 2.45) is 5.92 Å². The Balaban J connectivity index is 1.53. The molecule has 3 heteroatoms. The van der Waals surface area contributed by atoms with E-state index in [2.05, 4.69) is 39.0 Å². The Bertz CT molecular complexity index is 1020. The molecule has 1 atom stereocenters. The molecule has 0 aliphatic rings. The maximum Gasteiger partial charge on any atom is 0.163 e. The van der Waals surface area contributed by atoms with Crippen LogP contribution in [0.1, 0.15) is 88.1 Å². The third-order valence-electron chi connectivity index (χ3n) is 6.48. The monoisotopic (exact) mass is 460 g/mol. The van der Waals surface area contributed by atoms with Crippen molar-refractivity contribution in [2.45, 2.75) is 78.7 Å². The number of unbranched alkanes of at least 4 members (excludes halogenated alkanes) is 5. The molecule has 0 bridgehead atoms. The standard InChI is InChI=1S/C31H40O3/c1-4-6-7-8-9-10-20-33-28-18-19-29-27(22-28)12-11-13-31(29)34-23-25-14-16-26(17-15-25)30(32)21-24(3)5-2/h11-19,22,24H,4-10,20-21,23H2,1-3H3/t24-/m1/s1. The number of hydrogen-bond acceptors (Lipinski definition) is 3. The fraction of sp³-hybridized carbons (Fsp3) is 0.452. The summed E-state index contributed by atoms with van der Waals surface area (Å²) in [5, 5.41) is 2.19. The minimum Gasteiger partial charge on any atom is -0.494 e. The molecule has 3 aromatic rings. The van der Waals surface area contributed by atoms with Crippen LogP contribution in [-0.4, -0.2) is 12.4 Å². The van der Waals surface area contributed by atoms with Crippen molar-refractivity contribution in [3.63, 3.8) is 0 Å². The Morgan fingerprint density at radius 3 is 2.38 bits per heavy atom. The maximum absolute atomic E-state index is 12.4. The summed E-state index contributed by atoms with van der Waals surface area (Å²) >= 11 is 0. The second kappa shape index (κ2) is 13.8. The van der Waals surface area contributed by atoms with Gasteiger partial charge in [0, 0.05) is 17.4 Å². The fourth-order valence-corrected chi connectivity index (χ4v) is 4.05. The second-order valence-electron chi connectivity index (χ2n) is 9.38. The van der Waals surface area contributed by atoms with Gasteiger partial charge in [-0.05, 0) is 47.6 Å². The molecule has 182 valence electrons. The zero-order valence-corrected chi connectivity index (χ0v) is 21.1. The van der Waals surface area contributed by atoms with E-state index in [1.165, 1.54) is 32.1 Å². The Hall–Kier alpha value is -2.81. The number of fused-ring (bicyclic) bond motifs is 1. The summed E-state index contributed by atoms with van der Waals surface area (Å²) in [5.74, 6) is 2.40. The number of carbonyl (C=O) groups excluding carboxylic acids is 1. The highest BCUT2D eigenvalue weighted by Gasteiger charge is 2.10. The molecule has 0 amide bonds. The van der Waals surface area contributed by atoms with E-state index in [4.69, 9.17) is 9.47 Å². The van der Waals surface area contributed by atoms with Crippen molar-refractivity contribution >= 4 is 16.6 Å². The number of Topliss-reactive ketones (excluding diaryl/α,β-unsaturated/α-hetero) is 1. The molecule has 0 aromatic heterocycles. The average molecular weight is 461 g/mol. The van der Waals surface area contributed by atoms with Gasteiger partial charge in [-0.3, -0.25) is 4.79 Å². The van der Waals surface area contributed by atoms with Crippen LogP contribution in [0.3, 0.4) is 0 Å². The van der Waals surface area contributed by atoms with Crippen molar-refractivity contribution in [3.05, 3.63) is 71.8 Å². The molecule has 0 spiro atoms. The molecule has 3 nitrogen and oxygen atoms in total. The van der Waals surface area contributed by atoms with Gasteiger partial charge in [0.1, 0.15) is 18.1 Å². The van der Waals surface area contributed by atoms with Crippen molar-refractivity contribution in [3.8, 4) is 11.5 Å². The summed E-state index contributed by atoms with van der Waals surface area (Å²) in [6.07, 6.45) is 9.21. The van der Waals surface area contributed by atoms with Crippen LogP contribution in [-0.2, 0) is 6.61 Å². The number of carbonyl (C=O) groups is 1. The smallest absolute Gasteiger partial charge is 0.163 e. The van der Waals surface area contributed by atoms with E-state index >= 15 is 0 Å². The third kappa shape index (κ3) is 7.90. The topological polar surface area (TPSA) is 35.5 Å². The second-order valence-corrected chi connectivity index (χ2v) is 9.38. The van der Waals surface area contributed by atoms with Gasteiger partial charge >= 0.3 is 0 Å². The van der Waals surface area contributed by atoms with Gasteiger partial charge in [-0.15, -0.1) is 0 Å². The van der Waals surface area contributed by atoms with Crippen LogP contribution >= 0.6 is 0 Å². The lowest BCUT2D eigenvalue weighted by molar-refractivity contribution is 0.0963. The Labute approximate surface area is 205 Å². The Morgan fingerprint density at radius 1 is 0.853 bits per heavy atom. The first kappa shape index (κ1) is 25.8. The normalized spacial score (nSPS) is 12.0. The third-order valence-corrected chi connectivity index (χ3v) is 6.48. The molecule has 0 aliphatic heterocycles. The first-order valence-corrected chi connectivity index (χ1v) is 13.0. The van der Waals surface area contributed by atoms with Crippen LogP contribution in [0.25, 0.3) is 10.8 Å². The van der Waals surface area contributed by atoms with Gasteiger partial charge in [0.05, 0.1) is 6.61 Å². The lowest BCUT2D eigenvalue weighted by Gasteiger charge is -2.12. The SMILES string of the molecule is CCCCCCCCOc1ccc2c(OCc3ccc(C(=O)C[C@H](C)CC)cc3)cccc2c1. The highest BCUT2D eigenvalue weighted by atomic mass is 16.5. The highest BCUT2D eigenvalue weighted by molar-refractivity contribution is 5.96. The van der Waals surface area contributed by atoms with Gasteiger partial charge in [0.25, 0.3) is 0 Å². The minimum atomic E-state index is 0.213. The van der Waals surface area contributed by atoms with Gasteiger partial charge < -0.3 is 9.47 Å². The van der Waals surface area contributed by atoms with Gasteiger partial charge in [-0.25, -0.2) is 0 Å². The van der Waals surface area contributed by atoms with Crippen molar-refractivity contribution in [1.82, 2.24) is 0 Å². The zero-order chi connectivity index (χ0) is 24.2. The van der Waals surface area contributed by atoms with Crippen LogP contribution < -0.4 is 9.47 Å². The van der Waals surface area contributed by atoms with E-state index in [1.807, 2.05) is 42.5 Å². The number of benzene rings is 3. The van der Waals surface area contributed by atoms with Crippen LogP contribution in [0.15, 0.2) is 60.7 Å². The van der Waals surface area contributed by atoms with Crippen molar-refractivity contribution in [2.75, 3.05) is 6.61 Å². The van der Waals surface area contributed by atoms with E-state index in [1.54, 1.807) is 0 Å². The van der Waals surface area contributed by atoms with Crippen LogP contribution in [0.4, 0.5) is 0 Å². The quantitative estimate of drug-likeness (QED) is 0.168. The Morgan fingerprint density at radius 2 is 1.62 bits per heavy atom. The fourth-order valence-electron chi connectivity index (χ4n) is 4.05. The van der Waals surface area contributed by atoms with Gasteiger partial charge in [-0.2, -0.15) is 0 Å². The molecule has 0 aliphatic carbocycles. The molecule has 0 N–H and O–H groups in total. The van der Waals surface area contributed by atoms with Crippen molar-refractivity contribution < 1.29 is 14.3 Å². The maximum atomic E-state index is 12.4. The van der Waals surface area contributed by atoms with E-state index in [9.17, 15) is 4.79 Å². The zero-order valence-electron chi connectivity index (χ0n) is 21.1. The van der Waals surface area contributed by atoms with Gasteiger partial charge in [0.2, 0.25) is 0 Å². The number of ether oxygens (including phenoxy) is 2. The summed E-state index contributed by atoms with van der Waals surface area (Å²) in [7, 11) is 0. The summed E-state index contributed by atoms with van der Waals surface area (Å²) in [4.78, 5) is 12.4. The minimum absolute atomic E-state index is 0.213. The highest BCUT2D eigenvalue weighted by Crippen LogP contribution is 2.29. The molecular weight excluding hydrogens is 420 g/mol. The lowest BCUT2D eigenvalue weighted by Crippen LogP contribution is -2.05. The van der Waals surface area contributed by atoms with Gasteiger partial charge in [-0.1, -0.05) is 95.7 Å². The van der Waals surface area contributed by atoms with Crippen molar-refractivity contribution in [1.29, 1.82) is 0 Å². The first-order chi connectivity index (χ1) is 16.6. The summed E-state index contributed by atoms with van der Waals surface area (Å²) in [6.45, 7) is 7.72. The first-order valence-electron chi connectivity index (χ1n) is 13.0. The summed E-state index contributed by atoms with van der Waals surface area (Å²) in [6, 6.07) is 20.1. The molecule has 0 heterocycles. The van der Waals surface area contributed by atoms with E-state index < -0.39 is 0 Å². The predicted molar refractivity (Wildman–Crippen MR) is 142 cm³/mol. The number of rotatable bonds is 15. The van der Waals surface area contributed by atoms with Crippen LogP contribution in [0, 0.1) is 5.92 Å². The van der Waals surface area contributed by atoms with E-state index in [-0.39, 0.29) is 5.78 Å². The number of hydrogen-bond donors (Lipinski definition) is 0.